The molecule has 5 nitrogen and oxygen atoms in total. The van der Waals surface area contributed by atoms with E-state index in [-0.39, 0.29) is 0 Å². The van der Waals surface area contributed by atoms with Crippen LogP contribution in [0.2, 0.25) is 0 Å². The molecule has 0 N–H and O–H groups in total. The Kier molecular flexibility index (Phi) is 6.70. The first-order valence-electron chi connectivity index (χ1n) is 16.8. The van der Waals surface area contributed by atoms with Crippen molar-refractivity contribution in [2.75, 3.05) is 0 Å². The number of hydrogen-bond acceptors (Lipinski definition) is 5. The molecule has 2 aromatic heterocycles. The van der Waals surface area contributed by atoms with Gasteiger partial charge in [-0.2, -0.15) is 0 Å². The minimum absolute atomic E-state index is 0.540. The molecule has 0 amide bonds. The molecule has 1 aliphatic heterocycles. The molecule has 0 saturated carbocycles. The molecule has 0 aliphatic carbocycles. The zero-order valence-electron chi connectivity index (χ0n) is 27.9. The SMILES string of the molecule is CC1(C)OB(c2cc3c(-c4ccc5ccccc5c4)nc4ccccc4c3c3nc(-c4ccccc4)c(-c4ccccc4)nc23)OC1(C)C. The molecular formula is C43H34BN3O2. The highest BCUT2D eigenvalue weighted by Crippen LogP contribution is 2.41. The predicted molar refractivity (Wildman–Crippen MR) is 202 cm³/mol. The second kappa shape index (κ2) is 11.1. The summed E-state index contributed by atoms with van der Waals surface area (Å²) in [5, 5.41) is 5.36. The Morgan fingerprint density at radius 2 is 1.04 bits per heavy atom. The van der Waals surface area contributed by atoms with Gasteiger partial charge in [0.25, 0.3) is 0 Å². The van der Waals surface area contributed by atoms with Crippen LogP contribution < -0.4 is 5.46 Å². The van der Waals surface area contributed by atoms with Crippen LogP contribution in [0.25, 0.3) is 77.3 Å². The molecule has 1 aliphatic rings. The maximum absolute atomic E-state index is 6.75. The lowest BCUT2D eigenvalue weighted by molar-refractivity contribution is 0.00578. The zero-order valence-corrected chi connectivity index (χ0v) is 27.9. The Balaban J connectivity index is 1.46. The first-order valence-corrected chi connectivity index (χ1v) is 16.8. The maximum atomic E-state index is 6.75. The van der Waals surface area contributed by atoms with Crippen molar-refractivity contribution in [3.8, 4) is 33.8 Å². The topological polar surface area (TPSA) is 57.1 Å². The fourth-order valence-corrected chi connectivity index (χ4v) is 6.96. The second-order valence-electron chi connectivity index (χ2n) is 13.9. The second-order valence-corrected chi connectivity index (χ2v) is 13.9. The molecule has 8 aromatic rings. The third kappa shape index (κ3) is 4.82. The number of fused-ring (bicyclic) bond motifs is 6. The fourth-order valence-electron chi connectivity index (χ4n) is 6.96. The molecule has 49 heavy (non-hydrogen) atoms. The maximum Gasteiger partial charge on any atom is 0.497 e. The normalized spacial score (nSPS) is 15.5. The highest BCUT2D eigenvalue weighted by molar-refractivity contribution is 6.65. The van der Waals surface area contributed by atoms with Gasteiger partial charge in [-0.3, -0.25) is 0 Å². The molecule has 6 heteroatoms. The van der Waals surface area contributed by atoms with Crippen LogP contribution in [0.3, 0.4) is 0 Å². The van der Waals surface area contributed by atoms with Crippen molar-refractivity contribution in [2.24, 2.45) is 0 Å². The van der Waals surface area contributed by atoms with Crippen LogP contribution in [0.5, 0.6) is 0 Å². The van der Waals surface area contributed by atoms with E-state index in [1.54, 1.807) is 0 Å². The largest absolute Gasteiger partial charge is 0.497 e. The number of nitrogens with zero attached hydrogens (tertiary/aromatic N) is 3. The van der Waals surface area contributed by atoms with Gasteiger partial charge in [-0.1, -0.05) is 121 Å². The summed E-state index contributed by atoms with van der Waals surface area (Å²) < 4.78 is 13.5. The van der Waals surface area contributed by atoms with E-state index < -0.39 is 18.3 Å². The van der Waals surface area contributed by atoms with Crippen molar-refractivity contribution in [1.82, 2.24) is 15.0 Å². The minimum atomic E-state index is -0.659. The Hall–Kier alpha value is -5.43. The van der Waals surface area contributed by atoms with Gasteiger partial charge in [-0.15, -0.1) is 0 Å². The third-order valence-electron chi connectivity index (χ3n) is 10.3. The first kappa shape index (κ1) is 29.7. The van der Waals surface area contributed by atoms with Crippen LogP contribution >= 0.6 is 0 Å². The quantitative estimate of drug-likeness (QED) is 0.142. The van der Waals surface area contributed by atoms with E-state index in [2.05, 4.69) is 119 Å². The summed E-state index contributed by atoms with van der Waals surface area (Å²) in [5.74, 6) is 0. The summed E-state index contributed by atoms with van der Waals surface area (Å²) in [5.41, 5.74) is 7.74. The van der Waals surface area contributed by atoms with Crippen molar-refractivity contribution < 1.29 is 9.31 Å². The van der Waals surface area contributed by atoms with Gasteiger partial charge in [-0.05, 0) is 50.6 Å². The number of aromatic nitrogens is 3. The van der Waals surface area contributed by atoms with Gasteiger partial charge < -0.3 is 9.31 Å². The van der Waals surface area contributed by atoms with E-state index in [0.29, 0.717) is 0 Å². The van der Waals surface area contributed by atoms with E-state index in [1.165, 1.54) is 5.39 Å². The molecule has 1 fully saturated rings. The molecule has 236 valence electrons. The zero-order chi connectivity index (χ0) is 33.3. The van der Waals surface area contributed by atoms with Crippen molar-refractivity contribution in [3.63, 3.8) is 0 Å². The van der Waals surface area contributed by atoms with E-state index in [1.807, 2.05) is 42.5 Å². The van der Waals surface area contributed by atoms with E-state index in [0.717, 1.165) is 77.3 Å². The predicted octanol–water partition coefficient (Wildman–Crippen LogP) is 9.78. The molecular weight excluding hydrogens is 601 g/mol. The van der Waals surface area contributed by atoms with Crippen LogP contribution in [0, 0.1) is 0 Å². The van der Waals surface area contributed by atoms with Gasteiger partial charge in [0.05, 0.1) is 44.8 Å². The number of pyridine rings is 1. The molecule has 0 spiro atoms. The molecule has 0 bridgehead atoms. The van der Waals surface area contributed by atoms with Crippen molar-refractivity contribution in [2.45, 2.75) is 38.9 Å². The monoisotopic (exact) mass is 635 g/mol. The standard InChI is InChI=1S/C43H34BN3O2/c1-42(2)43(3,4)49-44(48-42)34-26-33-36(32-21-13-14-22-35(32)45-37(33)31-24-23-27-15-11-12-20-30(27)25-31)41-40(34)46-38(28-16-7-5-8-17-28)39(47-41)29-18-9-6-10-19-29/h5-26H,1-4H3. The lowest BCUT2D eigenvalue weighted by Crippen LogP contribution is -2.41. The number of para-hydroxylation sites is 1. The average molecular weight is 636 g/mol. The van der Waals surface area contributed by atoms with Gasteiger partial charge >= 0.3 is 7.12 Å². The first-order chi connectivity index (χ1) is 23.8. The fraction of sp³-hybridized carbons (Fsp3) is 0.140. The summed E-state index contributed by atoms with van der Waals surface area (Å²) in [4.78, 5) is 16.4. The van der Waals surface area contributed by atoms with E-state index in [4.69, 9.17) is 24.3 Å². The molecule has 6 aromatic carbocycles. The highest BCUT2D eigenvalue weighted by Gasteiger charge is 2.52. The van der Waals surface area contributed by atoms with Gasteiger partial charge in [0, 0.05) is 38.3 Å². The third-order valence-corrected chi connectivity index (χ3v) is 10.3. The molecule has 3 heterocycles. The number of rotatable bonds is 4. The smallest absolute Gasteiger partial charge is 0.399 e. The lowest BCUT2D eigenvalue weighted by atomic mass is 9.76. The van der Waals surface area contributed by atoms with Gasteiger partial charge in [-0.25, -0.2) is 15.0 Å². The van der Waals surface area contributed by atoms with Crippen molar-refractivity contribution >= 4 is 56.1 Å². The summed E-state index contributed by atoms with van der Waals surface area (Å²) in [6, 6.07) is 46.1. The van der Waals surface area contributed by atoms with Crippen LogP contribution in [-0.4, -0.2) is 33.3 Å². The van der Waals surface area contributed by atoms with Crippen molar-refractivity contribution in [3.05, 3.63) is 133 Å². The van der Waals surface area contributed by atoms with E-state index >= 15 is 0 Å². The Bertz CT molecular complexity index is 2550. The van der Waals surface area contributed by atoms with Crippen LogP contribution in [0.15, 0.2) is 133 Å². The molecule has 0 unspecified atom stereocenters. The molecule has 0 radical (unpaired) electrons. The minimum Gasteiger partial charge on any atom is -0.399 e. The Labute approximate surface area is 285 Å². The molecule has 0 atom stereocenters. The number of benzene rings is 6. The Morgan fingerprint density at radius 1 is 0.469 bits per heavy atom. The van der Waals surface area contributed by atoms with Crippen molar-refractivity contribution in [1.29, 1.82) is 0 Å². The van der Waals surface area contributed by atoms with Crippen LogP contribution in [0.1, 0.15) is 27.7 Å². The summed E-state index contributed by atoms with van der Waals surface area (Å²) in [6.07, 6.45) is 0. The highest BCUT2D eigenvalue weighted by atomic mass is 16.7. The number of hydrogen-bond donors (Lipinski definition) is 0. The molecule has 1 saturated heterocycles. The average Bonchev–Trinajstić information content (AvgIpc) is 3.36. The van der Waals surface area contributed by atoms with Gasteiger partial charge in [0.15, 0.2) is 0 Å². The van der Waals surface area contributed by atoms with Gasteiger partial charge in [0.1, 0.15) is 0 Å². The van der Waals surface area contributed by atoms with Crippen LogP contribution in [0.4, 0.5) is 0 Å². The van der Waals surface area contributed by atoms with E-state index in [9.17, 15) is 0 Å². The summed E-state index contributed by atoms with van der Waals surface area (Å²) in [7, 11) is -0.659. The Morgan fingerprint density at radius 3 is 1.71 bits per heavy atom. The molecule has 9 rings (SSSR count). The van der Waals surface area contributed by atoms with Crippen LogP contribution in [-0.2, 0) is 9.31 Å². The van der Waals surface area contributed by atoms with Gasteiger partial charge in [0.2, 0.25) is 0 Å². The lowest BCUT2D eigenvalue weighted by Gasteiger charge is -2.32. The summed E-state index contributed by atoms with van der Waals surface area (Å²) >= 11 is 0. The summed E-state index contributed by atoms with van der Waals surface area (Å²) in [6.45, 7) is 8.33.